The zero-order chi connectivity index (χ0) is 14.9. The van der Waals surface area contributed by atoms with E-state index in [4.69, 9.17) is 4.74 Å². The van der Waals surface area contributed by atoms with Gasteiger partial charge >= 0.3 is 0 Å². The van der Waals surface area contributed by atoms with Crippen molar-refractivity contribution in [2.45, 2.75) is 39.4 Å². The molecule has 1 aliphatic carbocycles. The first-order chi connectivity index (χ1) is 10.2. The number of benzene rings is 1. The van der Waals surface area contributed by atoms with Crippen molar-refractivity contribution in [1.29, 1.82) is 0 Å². The van der Waals surface area contributed by atoms with Crippen LogP contribution in [0.2, 0.25) is 0 Å². The van der Waals surface area contributed by atoms with E-state index in [1.165, 1.54) is 18.4 Å². The van der Waals surface area contributed by atoms with E-state index in [0.29, 0.717) is 6.10 Å². The van der Waals surface area contributed by atoms with E-state index < -0.39 is 0 Å². The second-order valence-corrected chi connectivity index (χ2v) is 6.56. The summed E-state index contributed by atoms with van der Waals surface area (Å²) < 4.78 is 5.93. The van der Waals surface area contributed by atoms with Crippen LogP contribution in [-0.2, 0) is 11.3 Å². The van der Waals surface area contributed by atoms with Crippen LogP contribution in [0.5, 0.6) is 0 Å². The van der Waals surface area contributed by atoms with Crippen LogP contribution in [-0.4, -0.2) is 32.3 Å². The smallest absolute Gasteiger partial charge is 0.0720 e. The van der Waals surface area contributed by atoms with E-state index in [2.05, 4.69) is 48.7 Å². The van der Waals surface area contributed by atoms with E-state index in [1.807, 2.05) is 6.07 Å². The lowest BCUT2D eigenvalue weighted by atomic mass is 9.82. The molecule has 0 spiro atoms. The molecular formula is C18H30N2O. The summed E-state index contributed by atoms with van der Waals surface area (Å²) >= 11 is 0. The highest BCUT2D eigenvalue weighted by molar-refractivity contribution is 5.13. The van der Waals surface area contributed by atoms with Crippen molar-refractivity contribution in [3.05, 3.63) is 35.9 Å². The van der Waals surface area contributed by atoms with Gasteiger partial charge in [-0.25, -0.2) is 0 Å². The summed E-state index contributed by atoms with van der Waals surface area (Å²) in [4.78, 5) is 0. The lowest BCUT2D eigenvalue weighted by Gasteiger charge is -2.35. The van der Waals surface area contributed by atoms with Gasteiger partial charge in [0.15, 0.2) is 0 Å². The molecule has 0 aromatic heterocycles. The van der Waals surface area contributed by atoms with Gasteiger partial charge < -0.3 is 15.4 Å². The molecule has 1 aromatic carbocycles. The Morgan fingerprint density at radius 2 is 1.81 bits per heavy atom. The van der Waals surface area contributed by atoms with Gasteiger partial charge in [-0.05, 0) is 43.3 Å². The number of ether oxygens (including phenoxy) is 1. The molecule has 2 rings (SSSR count). The second-order valence-electron chi connectivity index (χ2n) is 6.56. The fourth-order valence-corrected chi connectivity index (χ4v) is 2.64. The third kappa shape index (κ3) is 6.60. The Bertz CT molecular complexity index is 374. The van der Waals surface area contributed by atoms with Gasteiger partial charge in [-0.15, -0.1) is 0 Å². The van der Waals surface area contributed by atoms with E-state index in [9.17, 15) is 0 Å². The van der Waals surface area contributed by atoms with Crippen LogP contribution in [0.25, 0.3) is 0 Å². The maximum absolute atomic E-state index is 5.93. The van der Waals surface area contributed by atoms with Gasteiger partial charge in [-0.1, -0.05) is 44.2 Å². The highest BCUT2D eigenvalue weighted by Crippen LogP contribution is 2.30. The summed E-state index contributed by atoms with van der Waals surface area (Å²) in [5.74, 6) is 1.54. The number of nitrogens with one attached hydrogen (secondary N) is 2. The summed E-state index contributed by atoms with van der Waals surface area (Å²) in [5, 5.41) is 6.99. The second kappa shape index (κ2) is 9.19. The maximum atomic E-state index is 5.93. The van der Waals surface area contributed by atoms with Gasteiger partial charge in [-0.2, -0.15) is 0 Å². The number of rotatable bonds is 10. The average molecular weight is 290 g/mol. The normalized spacial score (nSPS) is 21.5. The molecular weight excluding hydrogens is 260 g/mol. The average Bonchev–Trinajstić information content (AvgIpc) is 2.44. The molecule has 21 heavy (non-hydrogen) atoms. The third-order valence-electron chi connectivity index (χ3n) is 3.99. The summed E-state index contributed by atoms with van der Waals surface area (Å²) in [5.41, 5.74) is 1.27. The van der Waals surface area contributed by atoms with Gasteiger partial charge in [0.25, 0.3) is 0 Å². The summed E-state index contributed by atoms with van der Waals surface area (Å²) in [7, 11) is 0. The van der Waals surface area contributed by atoms with Crippen LogP contribution >= 0.6 is 0 Å². The van der Waals surface area contributed by atoms with Gasteiger partial charge in [0.1, 0.15) is 0 Å². The fraction of sp³-hybridized carbons (Fsp3) is 0.667. The van der Waals surface area contributed by atoms with E-state index in [0.717, 1.165) is 44.6 Å². The van der Waals surface area contributed by atoms with Crippen LogP contribution in [0.15, 0.2) is 30.3 Å². The molecule has 0 saturated heterocycles. The van der Waals surface area contributed by atoms with Gasteiger partial charge in [0.2, 0.25) is 0 Å². The van der Waals surface area contributed by atoms with Crippen molar-refractivity contribution in [2.24, 2.45) is 11.8 Å². The highest BCUT2D eigenvalue weighted by atomic mass is 16.5. The van der Waals surface area contributed by atoms with Crippen molar-refractivity contribution in [1.82, 2.24) is 10.6 Å². The molecule has 1 aromatic rings. The van der Waals surface area contributed by atoms with Crippen molar-refractivity contribution >= 4 is 0 Å². The molecule has 2 N–H and O–H groups in total. The van der Waals surface area contributed by atoms with Gasteiger partial charge in [0.05, 0.1) is 12.7 Å². The first-order valence-corrected chi connectivity index (χ1v) is 8.31. The number of hydrogen-bond donors (Lipinski definition) is 2. The minimum atomic E-state index is 0.469. The monoisotopic (exact) mass is 290 g/mol. The minimum absolute atomic E-state index is 0.469. The van der Waals surface area contributed by atoms with Gasteiger partial charge in [0, 0.05) is 13.1 Å². The molecule has 0 amide bonds. The molecule has 0 unspecified atom stereocenters. The zero-order valence-electron chi connectivity index (χ0n) is 13.5. The summed E-state index contributed by atoms with van der Waals surface area (Å²) in [6.07, 6.45) is 2.88. The fourth-order valence-electron chi connectivity index (χ4n) is 2.64. The molecule has 1 saturated carbocycles. The Labute approximate surface area is 129 Å². The van der Waals surface area contributed by atoms with Crippen molar-refractivity contribution in [2.75, 3.05) is 26.2 Å². The van der Waals surface area contributed by atoms with Crippen LogP contribution in [0, 0.1) is 11.8 Å². The summed E-state index contributed by atoms with van der Waals surface area (Å²) in [6, 6.07) is 10.4. The quantitative estimate of drug-likeness (QED) is 0.650. The Balaban J connectivity index is 1.43. The van der Waals surface area contributed by atoms with Crippen molar-refractivity contribution in [3.63, 3.8) is 0 Å². The van der Waals surface area contributed by atoms with Crippen molar-refractivity contribution < 1.29 is 4.74 Å². The largest absolute Gasteiger partial charge is 0.374 e. The maximum Gasteiger partial charge on any atom is 0.0720 e. The number of hydrogen-bond acceptors (Lipinski definition) is 3. The first kappa shape index (κ1) is 16.5. The molecule has 0 aliphatic heterocycles. The lowest BCUT2D eigenvalue weighted by Crippen LogP contribution is -2.39. The Kier molecular flexibility index (Phi) is 7.20. The molecule has 1 fully saturated rings. The molecule has 0 heterocycles. The topological polar surface area (TPSA) is 33.3 Å². The standard InChI is InChI=1S/C18H30N2O/c1-15(2)12-19-8-9-20-13-17-10-18(11-17)21-14-16-6-4-3-5-7-16/h3-7,15,17-20H,8-14H2,1-2H3. The van der Waals surface area contributed by atoms with Crippen LogP contribution < -0.4 is 10.6 Å². The van der Waals surface area contributed by atoms with Crippen LogP contribution in [0.3, 0.4) is 0 Å². The Morgan fingerprint density at radius 1 is 1.10 bits per heavy atom. The molecule has 1 aliphatic rings. The van der Waals surface area contributed by atoms with Crippen molar-refractivity contribution in [3.8, 4) is 0 Å². The molecule has 3 nitrogen and oxygen atoms in total. The summed E-state index contributed by atoms with van der Waals surface area (Å²) in [6.45, 7) is 9.62. The van der Waals surface area contributed by atoms with Gasteiger partial charge in [-0.3, -0.25) is 0 Å². The minimum Gasteiger partial charge on any atom is -0.374 e. The third-order valence-corrected chi connectivity index (χ3v) is 3.99. The molecule has 3 heteroatoms. The lowest BCUT2D eigenvalue weighted by molar-refractivity contribution is -0.0394. The Morgan fingerprint density at radius 3 is 2.52 bits per heavy atom. The van der Waals surface area contributed by atoms with E-state index in [1.54, 1.807) is 0 Å². The first-order valence-electron chi connectivity index (χ1n) is 8.31. The van der Waals surface area contributed by atoms with Crippen LogP contribution in [0.1, 0.15) is 32.3 Å². The Hall–Kier alpha value is -0.900. The van der Waals surface area contributed by atoms with E-state index >= 15 is 0 Å². The van der Waals surface area contributed by atoms with E-state index in [-0.39, 0.29) is 0 Å². The predicted molar refractivity (Wildman–Crippen MR) is 88.3 cm³/mol. The zero-order valence-corrected chi connectivity index (χ0v) is 13.5. The predicted octanol–water partition coefficient (Wildman–Crippen LogP) is 2.82. The molecule has 0 radical (unpaired) electrons. The molecule has 0 bridgehead atoms. The highest BCUT2D eigenvalue weighted by Gasteiger charge is 2.29. The van der Waals surface area contributed by atoms with Crippen LogP contribution in [0.4, 0.5) is 0 Å². The SMILES string of the molecule is CC(C)CNCCNCC1CC(OCc2ccccc2)C1. The molecule has 0 atom stereocenters. The molecule has 118 valence electrons.